The van der Waals surface area contributed by atoms with Crippen molar-refractivity contribution < 1.29 is 22.6 Å². The highest BCUT2D eigenvalue weighted by molar-refractivity contribution is 5.79. The average Bonchev–Trinajstić information content (AvgIpc) is 2.59. The Kier molecular flexibility index (Phi) is 9.79. The molecule has 1 aromatic heterocycles. The quantitative estimate of drug-likeness (QED) is 0.373. The summed E-state index contributed by atoms with van der Waals surface area (Å²) in [5.41, 5.74) is -0.885. The number of rotatable bonds is 10. The second-order valence-corrected chi connectivity index (χ2v) is 5.95. The number of guanidine groups is 1. The predicted molar refractivity (Wildman–Crippen MR) is 94.4 cm³/mol. The molecule has 0 bridgehead atoms. The number of nitrogens with one attached hydrogen (secondary N) is 2. The zero-order valence-electron chi connectivity index (χ0n) is 15.4. The Hall–Kier alpha value is -2.03. The van der Waals surface area contributed by atoms with Gasteiger partial charge in [-0.25, -0.2) is 4.98 Å². The molecule has 0 aromatic carbocycles. The Bertz CT molecular complexity index is 551. The lowest BCUT2D eigenvalue weighted by atomic mass is 10.2. The number of halogens is 3. The van der Waals surface area contributed by atoms with E-state index in [1.165, 1.54) is 12.3 Å². The maximum atomic E-state index is 12.8. The number of alkyl halides is 3. The summed E-state index contributed by atoms with van der Waals surface area (Å²) in [5, 5.41) is 6.07. The molecule has 0 spiro atoms. The second-order valence-electron chi connectivity index (χ2n) is 5.95. The zero-order valence-corrected chi connectivity index (χ0v) is 15.4. The number of aliphatic imine (C=N–C) groups is 1. The van der Waals surface area contributed by atoms with Crippen LogP contribution in [0.3, 0.4) is 0 Å². The molecule has 2 N–H and O–H groups in total. The lowest BCUT2D eigenvalue weighted by molar-refractivity contribution is -0.139. The van der Waals surface area contributed by atoms with Gasteiger partial charge in [-0.05, 0) is 24.5 Å². The van der Waals surface area contributed by atoms with Gasteiger partial charge in [-0.2, -0.15) is 13.2 Å². The lowest BCUT2D eigenvalue weighted by Crippen LogP contribution is -2.40. The van der Waals surface area contributed by atoms with Gasteiger partial charge in [-0.1, -0.05) is 13.8 Å². The summed E-state index contributed by atoms with van der Waals surface area (Å²) in [5.74, 6) is 0.635. The minimum atomic E-state index is -4.49. The lowest BCUT2D eigenvalue weighted by Gasteiger charge is -2.14. The van der Waals surface area contributed by atoms with Crippen molar-refractivity contribution in [3.8, 4) is 5.88 Å². The van der Waals surface area contributed by atoms with Gasteiger partial charge in [0.15, 0.2) is 5.96 Å². The molecular weight excluding hydrogens is 349 g/mol. The molecule has 0 aliphatic heterocycles. The maximum Gasteiger partial charge on any atom is 0.421 e. The number of aromatic nitrogens is 1. The van der Waals surface area contributed by atoms with Crippen molar-refractivity contribution in [3.63, 3.8) is 0 Å². The highest BCUT2D eigenvalue weighted by Crippen LogP contribution is 2.34. The largest absolute Gasteiger partial charge is 0.475 e. The van der Waals surface area contributed by atoms with E-state index < -0.39 is 17.6 Å². The second kappa shape index (κ2) is 11.6. The van der Waals surface area contributed by atoms with Crippen LogP contribution in [-0.2, 0) is 10.9 Å². The van der Waals surface area contributed by atoms with Crippen LogP contribution in [0.4, 0.5) is 13.2 Å². The minimum Gasteiger partial charge on any atom is -0.475 e. The van der Waals surface area contributed by atoms with E-state index in [0.29, 0.717) is 25.0 Å². The van der Waals surface area contributed by atoms with Crippen molar-refractivity contribution in [2.24, 2.45) is 10.9 Å². The zero-order chi connectivity index (χ0) is 19.4. The first-order valence-corrected chi connectivity index (χ1v) is 8.52. The first kappa shape index (κ1) is 22.0. The number of hydrogen-bond donors (Lipinski definition) is 2. The van der Waals surface area contributed by atoms with Gasteiger partial charge in [0, 0.05) is 33.0 Å². The van der Waals surface area contributed by atoms with Crippen molar-refractivity contribution in [3.05, 3.63) is 23.9 Å². The Balaban J connectivity index is 2.26. The summed E-state index contributed by atoms with van der Waals surface area (Å²) >= 11 is 0. The van der Waals surface area contributed by atoms with E-state index in [2.05, 4.69) is 34.5 Å². The Morgan fingerprint density at radius 2 is 1.96 bits per heavy atom. The molecule has 9 heteroatoms. The van der Waals surface area contributed by atoms with Gasteiger partial charge in [0.05, 0.1) is 6.54 Å². The van der Waals surface area contributed by atoms with E-state index in [-0.39, 0.29) is 13.2 Å². The van der Waals surface area contributed by atoms with Crippen LogP contribution in [-0.4, -0.2) is 50.9 Å². The molecule has 1 heterocycles. The number of nitrogens with zero attached hydrogens (tertiary/aromatic N) is 2. The van der Waals surface area contributed by atoms with Crippen molar-refractivity contribution in [1.82, 2.24) is 15.6 Å². The molecule has 0 saturated heterocycles. The molecule has 26 heavy (non-hydrogen) atoms. The molecule has 1 aromatic rings. The van der Waals surface area contributed by atoms with Gasteiger partial charge >= 0.3 is 6.18 Å². The fourth-order valence-corrected chi connectivity index (χ4v) is 1.96. The molecule has 0 unspecified atom stereocenters. The monoisotopic (exact) mass is 376 g/mol. The fourth-order valence-electron chi connectivity index (χ4n) is 1.96. The fraction of sp³-hybridized carbons (Fsp3) is 0.647. The van der Waals surface area contributed by atoms with E-state index in [9.17, 15) is 13.2 Å². The molecule has 0 aliphatic carbocycles. The Morgan fingerprint density at radius 3 is 2.62 bits per heavy atom. The smallest absolute Gasteiger partial charge is 0.421 e. The molecule has 148 valence electrons. The van der Waals surface area contributed by atoms with Gasteiger partial charge in [0.25, 0.3) is 0 Å². The molecule has 0 radical (unpaired) electrons. The van der Waals surface area contributed by atoms with Gasteiger partial charge in [-0.15, -0.1) is 0 Å². The van der Waals surface area contributed by atoms with Crippen LogP contribution < -0.4 is 15.4 Å². The van der Waals surface area contributed by atoms with Crippen molar-refractivity contribution >= 4 is 5.96 Å². The third kappa shape index (κ3) is 8.89. The summed E-state index contributed by atoms with van der Waals surface area (Å²) in [6.45, 7) is 6.57. The summed E-state index contributed by atoms with van der Waals surface area (Å²) in [7, 11) is 1.62. The topological polar surface area (TPSA) is 67.8 Å². The third-order valence-corrected chi connectivity index (χ3v) is 3.14. The van der Waals surface area contributed by atoms with Crippen LogP contribution in [0.15, 0.2) is 23.3 Å². The number of ether oxygens (including phenoxy) is 2. The molecule has 0 fully saturated rings. The van der Waals surface area contributed by atoms with Crippen LogP contribution in [0.5, 0.6) is 5.88 Å². The van der Waals surface area contributed by atoms with Crippen molar-refractivity contribution in [2.45, 2.75) is 26.4 Å². The number of pyridine rings is 1. The van der Waals surface area contributed by atoms with Crippen molar-refractivity contribution in [2.75, 3.05) is 40.0 Å². The van der Waals surface area contributed by atoms with Crippen LogP contribution in [0, 0.1) is 5.92 Å². The summed E-state index contributed by atoms with van der Waals surface area (Å²) < 4.78 is 49.1. The minimum absolute atomic E-state index is 0.0261. The number of hydrogen-bond acceptors (Lipinski definition) is 4. The van der Waals surface area contributed by atoms with Crippen LogP contribution in [0.1, 0.15) is 25.8 Å². The summed E-state index contributed by atoms with van der Waals surface area (Å²) in [6.07, 6.45) is -2.40. The summed E-state index contributed by atoms with van der Waals surface area (Å²) in [4.78, 5) is 7.68. The molecular formula is C17H27F3N4O2. The average molecular weight is 376 g/mol. The van der Waals surface area contributed by atoms with Gasteiger partial charge in [-0.3, -0.25) is 4.99 Å². The highest BCUT2D eigenvalue weighted by Gasteiger charge is 2.34. The first-order chi connectivity index (χ1) is 12.3. The van der Waals surface area contributed by atoms with E-state index in [1.807, 2.05) is 0 Å². The molecule has 0 aliphatic rings. The maximum absolute atomic E-state index is 12.8. The summed E-state index contributed by atoms with van der Waals surface area (Å²) in [6, 6.07) is 2.17. The molecule has 0 atom stereocenters. The van der Waals surface area contributed by atoms with Crippen molar-refractivity contribution in [1.29, 1.82) is 0 Å². The van der Waals surface area contributed by atoms with E-state index >= 15 is 0 Å². The SMILES string of the molecule is CN=C(NCCCOCC(C)C)NCCOc1ncccc1C(F)(F)F. The van der Waals surface area contributed by atoms with E-state index in [1.54, 1.807) is 7.05 Å². The van der Waals surface area contributed by atoms with Crippen LogP contribution in [0.25, 0.3) is 0 Å². The first-order valence-electron chi connectivity index (χ1n) is 8.52. The Morgan fingerprint density at radius 1 is 1.23 bits per heavy atom. The standard InChI is InChI=1S/C17H27F3N4O2/c1-13(2)12-25-10-5-8-23-16(21-3)24-9-11-26-15-14(17(18,19)20)6-4-7-22-15/h4,6-7,13H,5,8-12H2,1-3H3,(H2,21,23,24). The Labute approximate surface area is 152 Å². The highest BCUT2D eigenvalue weighted by atomic mass is 19.4. The molecule has 6 nitrogen and oxygen atoms in total. The van der Waals surface area contributed by atoms with Gasteiger partial charge in [0.1, 0.15) is 12.2 Å². The normalized spacial score (nSPS) is 12.3. The van der Waals surface area contributed by atoms with E-state index in [4.69, 9.17) is 9.47 Å². The van der Waals surface area contributed by atoms with Gasteiger partial charge < -0.3 is 20.1 Å². The van der Waals surface area contributed by atoms with Crippen LogP contribution >= 0.6 is 0 Å². The molecule has 0 amide bonds. The van der Waals surface area contributed by atoms with E-state index in [0.717, 1.165) is 19.1 Å². The molecule has 0 saturated carbocycles. The van der Waals surface area contributed by atoms with Gasteiger partial charge in [0.2, 0.25) is 5.88 Å². The predicted octanol–water partition coefficient (Wildman–Crippen LogP) is 2.71. The third-order valence-electron chi connectivity index (χ3n) is 3.14. The van der Waals surface area contributed by atoms with Crippen LogP contribution in [0.2, 0.25) is 0 Å². The molecule has 1 rings (SSSR count).